The van der Waals surface area contributed by atoms with Crippen LogP contribution in [0.5, 0.6) is 0 Å². The minimum atomic E-state index is -0.699. The second-order valence-electron chi connectivity index (χ2n) is 3.25. The third-order valence-corrected chi connectivity index (χ3v) is 2.72. The highest BCUT2D eigenvalue weighted by Gasteiger charge is 2.23. The Morgan fingerprint density at radius 1 is 1.28 bits per heavy atom. The molecule has 0 aliphatic heterocycles. The second-order valence-corrected chi connectivity index (χ2v) is 4.01. The normalized spacial score (nSPS) is 10.4. The first-order valence-corrected chi connectivity index (χ1v) is 5.36. The molecule has 0 atom stereocenters. The molecule has 18 heavy (non-hydrogen) atoms. The van der Waals surface area contributed by atoms with E-state index in [2.05, 4.69) is 9.97 Å². The van der Waals surface area contributed by atoms with Gasteiger partial charge in [0.25, 0.3) is 0 Å². The number of rotatable bonds is 2. The van der Waals surface area contributed by atoms with Crippen LogP contribution in [0.1, 0.15) is 0 Å². The van der Waals surface area contributed by atoms with Gasteiger partial charge in [0, 0.05) is 5.56 Å². The second kappa shape index (κ2) is 4.83. The highest BCUT2D eigenvalue weighted by Crippen LogP contribution is 2.33. The minimum absolute atomic E-state index is 0.0121. The molecule has 0 unspecified atom stereocenters. The van der Waals surface area contributed by atoms with Crippen molar-refractivity contribution in [3.63, 3.8) is 0 Å². The predicted octanol–water partition coefficient (Wildman–Crippen LogP) is 3.50. The van der Waals surface area contributed by atoms with Gasteiger partial charge in [-0.15, -0.1) is 0 Å². The highest BCUT2D eigenvalue weighted by atomic mass is 35.5. The molecule has 0 aliphatic rings. The van der Waals surface area contributed by atoms with Crippen molar-refractivity contribution in [3.05, 3.63) is 50.6 Å². The smallest absolute Gasteiger partial charge is 0.258 e. The predicted molar refractivity (Wildman–Crippen MR) is 64.1 cm³/mol. The molecular weight excluding hydrogens is 284 g/mol. The topological polar surface area (TPSA) is 68.9 Å². The van der Waals surface area contributed by atoms with Crippen LogP contribution < -0.4 is 0 Å². The van der Waals surface area contributed by atoms with Crippen LogP contribution in [0.4, 0.5) is 10.1 Å². The van der Waals surface area contributed by atoms with E-state index in [4.69, 9.17) is 23.2 Å². The maximum absolute atomic E-state index is 13.0. The Bertz CT molecular complexity index is 637. The van der Waals surface area contributed by atoms with Gasteiger partial charge in [-0.3, -0.25) is 10.1 Å². The molecule has 5 nitrogen and oxygen atoms in total. The number of benzene rings is 1. The van der Waals surface area contributed by atoms with Crippen molar-refractivity contribution in [1.82, 2.24) is 9.97 Å². The van der Waals surface area contributed by atoms with Gasteiger partial charge in [-0.2, -0.15) is 0 Å². The van der Waals surface area contributed by atoms with Crippen molar-refractivity contribution in [1.29, 1.82) is 0 Å². The van der Waals surface area contributed by atoms with E-state index in [-0.39, 0.29) is 21.4 Å². The monoisotopic (exact) mass is 287 g/mol. The fourth-order valence-corrected chi connectivity index (χ4v) is 1.76. The van der Waals surface area contributed by atoms with Gasteiger partial charge in [0.2, 0.25) is 5.15 Å². The van der Waals surface area contributed by atoms with E-state index >= 15 is 0 Å². The Kier molecular flexibility index (Phi) is 3.40. The standard InChI is InChI=1S/C10H4Cl2FN3O2/c11-6-3-5(1-2-7(6)13)8-9(16(17)18)10(12)15-4-14-8/h1-4H. The summed E-state index contributed by atoms with van der Waals surface area (Å²) in [5, 5.41) is 10.5. The van der Waals surface area contributed by atoms with Crippen LogP contribution in [0.15, 0.2) is 24.5 Å². The summed E-state index contributed by atoms with van der Waals surface area (Å²) in [6, 6.07) is 3.66. The molecule has 0 aliphatic carbocycles. The number of nitro groups is 1. The molecule has 1 aromatic carbocycles. The molecule has 1 heterocycles. The van der Waals surface area contributed by atoms with E-state index in [9.17, 15) is 14.5 Å². The molecule has 0 spiro atoms. The van der Waals surface area contributed by atoms with Crippen molar-refractivity contribution in [2.75, 3.05) is 0 Å². The van der Waals surface area contributed by atoms with Gasteiger partial charge in [-0.05, 0) is 18.2 Å². The number of hydrogen-bond donors (Lipinski definition) is 0. The Morgan fingerprint density at radius 2 is 2.00 bits per heavy atom. The first kappa shape index (κ1) is 12.7. The third-order valence-electron chi connectivity index (χ3n) is 2.15. The van der Waals surface area contributed by atoms with Crippen LogP contribution in [0, 0.1) is 15.9 Å². The van der Waals surface area contributed by atoms with E-state index < -0.39 is 16.4 Å². The molecule has 8 heteroatoms. The summed E-state index contributed by atoms with van der Waals surface area (Å²) in [7, 11) is 0. The SMILES string of the molecule is O=[N+]([O-])c1c(Cl)ncnc1-c1ccc(F)c(Cl)c1. The van der Waals surface area contributed by atoms with Gasteiger partial charge >= 0.3 is 5.69 Å². The van der Waals surface area contributed by atoms with Crippen LogP contribution in [0.2, 0.25) is 10.2 Å². The summed E-state index contributed by atoms with van der Waals surface area (Å²) in [5.41, 5.74) is -0.166. The molecule has 0 radical (unpaired) electrons. The minimum Gasteiger partial charge on any atom is -0.258 e. The first-order chi connectivity index (χ1) is 8.50. The maximum Gasteiger partial charge on any atom is 0.332 e. The van der Waals surface area contributed by atoms with Crippen LogP contribution in [-0.4, -0.2) is 14.9 Å². The molecule has 2 rings (SSSR count). The Morgan fingerprint density at radius 3 is 2.61 bits per heavy atom. The largest absolute Gasteiger partial charge is 0.332 e. The molecule has 0 saturated carbocycles. The molecule has 1 aromatic heterocycles. The zero-order valence-corrected chi connectivity index (χ0v) is 10.1. The lowest BCUT2D eigenvalue weighted by atomic mass is 10.1. The molecule has 0 amide bonds. The summed E-state index contributed by atoms with van der Waals surface area (Å²) in [4.78, 5) is 17.5. The number of halogens is 3. The average Bonchev–Trinajstić information content (AvgIpc) is 2.32. The number of nitrogens with zero attached hydrogens (tertiary/aromatic N) is 3. The molecule has 92 valence electrons. The van der Waals surface area contributed by atoms with E-state index in [0.717, 1.165) is 12.4 Å². The maximum atomic E-state index is 13.0. The van der Waals surface area contributed by atoms with Crippen LogP contribution in [-0.2, 0) is 0 Å². The van der Waals surface area contributed by atoms with Gasteiger partial charge in [0.05, 0.1) is 9.95 Å². The Hall–Kier alpha value is -1.79. The van der Waals surface area contributed by atoms with Crippen LogP contribution >= 0.6 is 23.2 Å². The summed E-state index contributed by atoms with van der Waals surface area (Å²) in [6.07, 6.45) is 1.09. The molecule has 2 aromatic rings. The van der Waals surface area contributed by atoms with Gasteiger partial charge in [-0.1, -0.05) is 23.2 Å². The molecule has 0 bridgehead atoms. The molecular formula is C10H4Cl2FN3O2. The first-order valence-electron chi connectivity index (χ1n) is 4.61. The van der Waals surface area contributed by atoms with E-state index in [1.165, 1.54) is 12.1 Å². The van der Waals surface area contributed by atoms with Gasteiger partial charge in [0.1, 0.15) is 12.1 Å². The summed E-state index contributed by atoms with van der Waals surface area (Å²) >= 11 is 11.3. The van der Waals surface area contributed by atoms with E-state index in [0.29, 0.717) is 0 Å². The van der Waals surface area contributed by atoms with Gasteiger partial charge in [0.15, 0.2) is 5.69 Å². The van der Waals surface area contributed by atoms with Crippen molar-refractivity contribution in [3.8, 4) is 11.3 Å². The van der Waals surface area contributed by atoms with Crippen LogP contribution in [0.3, 0.4) is 0 Å². The van der Waals surface area contributed by atoms with E-state index in [1.54, 1.807) is 0 Å². The lowest BCUT2D eigenvalue weighted by Crippen LogP contribution is -1.97. The lowest BCUT2D eigenvalue weighted by Gasteiger charge is -2.03. The number of aromatic nitrogens is 2. The fraction of sp³-hybridized carbons (Fsp3) is 0. The fourth-order valence-electron chi connectivity index (χ4n) is 1.37. The molecule has 0 fully saturated rings. The molecule has 0 N–H and O–H groups in total. The van der Waals surface area contributed by atoms with Crippen molar-refractivity contribution in [2.45, 2.75) is 0 Å². The van der Waals surface area contributed by atoms with Gasteiger partial charge < -0.3 is 0 Å². The Labute approximate surface area is 110 Å². The molecule has 0 saturated heterocycles. The highest BCUT2D eigenvalue weighted by molar-refractivity contribution is 6.32. The lowest BCUT2D eigenvalue weighted by molar-refractivity contribution is -0.384. The van der Waals surface area contributed by atoms with Gasteiger partial charge in [-0.25, -0.2) is 14.4 Å². The van der Waals surface area contributed by atoms with Crippen molar-refractivity contribution < 1.29 is 9.31 Å². The zero-order chi connectivity index (χ0) is 13.3. The summed E-state index contributed by atoms with van der Waals surface area (Å²) < 4.78 is 13.0. The van der Waals surface area contributed by atoms with Crippen molar-refractivity contribution in [2.24, 2.45) is 0 Å². The number of hydrogen-bond acceptors (Lipinski definition) is 4. The average molecular weight is 288 g/mol. The third kappa shape index (κ3) is 2.25. The Balaban J connectivity index is 2.67. The zero-order valence-electron chi connectivity index (χ0n) is 8.60. The van der Waals surface area contributed by atoms with E-state index in [1.807, 2.05) is 0 Å². The van der Waals surface area contributed by atoms with Crippen LogP contribution in [0.25, 0.3) is 11.3 Å². The van der Waals surface area contributed by atoms with Crippen molar-refractivity contribution >= 4 is 28.9 Å². The summed E-state index contributed by atoms with van der Waals surface area (Å²) in [5.74, 6) is -0.622. The summed E-state index contributed by atoms with van der Waals surface area (Å²) in [6.45, 7) is 0. The quantitative estimate of drug-likeness (QED) is 0.482.